The third-order valence-corrected chi connectivity index (χ3v) is 5.97. The average molecular weight is 403 g/mol. The maximum absolute atomic E-state index is 12.6. The summed E-state index contributed by atoms with van der Waals surface area (Å²) < 4.78 is 31.2. The molecule has 146 valence electrons. The van der Waals surface area contributed by atoms with Crippen molar-refractivity contribution in [1.29, 1.82) is 0 Å². The third-order valence-electron chi connectivity index (χ3n) is 4.59. The summed E-state index contributed by atoms with van der Waals surface area (Å²) in [6.07, 6.45) is 4.53. The van der Waals surface area contributed by atoms with Gasteiger partial charge in [-0.2, -0.15) is 0 Å². The van der Waals surface area contributed by atoms with E-state index in [1.807, 2.05) is 0 Å². The average Bonchev–Trinajstić information content (AvgIpc) is 2.59. The number of halogens is 1. The fourth-order valence-electron chi connectivity index (χ4n) is 2.98. The first kappa shape index (κ1) is 20.8. The summed E-state index contributed by atoms with van der Waals surface area (Å²) in [5.74, 6) is 0.457. The van der Waals surface area contributed by atoms with Crippen LogP contribution in [0.1, 0.15) is 39.5 Å². The fourth-order valence-corrected chi connectivity index (χ4v) is 4.05. The van der Waals surface area contributed by atoms with E-state index >= 15 is 0 Å². The molecule has 1 amide bonds. The molecule has 1 aromatic rings. The van der Waals surface area contributed by atoms with Crippen molar-refractivity contribution < 1.29 is 17.9 Å². The lowest BCUT2D eigenvalue weighted by atomic mass is 9.99. The Morgan fingerprint density at radius 1 is 1.42 bits per heavy atom. The minimum absolute atomic E-state index is 0.0657. The Hall–Kier alpha value is -1.47. The van der Waals surface area contributed by atoms with Crippen LogP contribution in [0, 0.1) is 5.92 Å². The van der Waals surface area contributed by atoms with Crippen molar-refractivity contribution in [1.82, 2.24) is 5.32 Å². The third kappa shape index (κ3) is 5.27. The first-order valence-corrected chi connectivity index (χ1v) is 11.2. The highest BCUT2D eigenvalue weighted by molar-refractivity contribution is 7.92. The van der Waals surface area contributed by atoms with Gasteiger partial charge in [-0.3, -0.25) is 9.10 Å². The lowest BCUT2D eigenvalue weighted by Gasteiger charge is -2.34. The number of hydrogen-bond acceptors (Lipinski definition) is 4. The van der Waals surface area contributed by atoms with Crippen LogP contribution >= 0.6 is 11.6 Å². The first-order valence-electron chi connectivity index (χ1n) is 8.97. The van der Waals surface area contributed by atoms with E-state index in [9.17, 15) is 13.2 Å². The first-order chi connectivity index (χ1) is 12.3. The maximum Gasteiger partial charge on any atom is 0.263 e. The lowest BCUT2D eigenvalue weighted by Crippen LogP contribution is -2.51. The number of nitrogens with zero attached hydrogens (tertiary/aromatic N) is 1. The summed E-state index contributed by atoms with van der Waals surface area (Å²) in [5, 5.41) is 3.32. The second-order valence-corrected chi connectivity index (χ2v) is 9.02. The molecule has 1 heterocycles. The van der Waals surface area contributed by atoms with Gasteiger partial charge in [-0.1, -0.05) is 44.7 Å². The van der Waals surface area contributed by atoms with Crippen LogP contribution in [0.4, 0.5) is 5.69 Å². The number of nitrogens with one attached hydrogen (secondary N) is 1. The molecule has 0 aliphatic carbocycles. The molecule has 26 heavy (non-hydrogen) atoms. The lowest BCUT2D eigenvalue weighted by molar-refractivity contribution is -0.127. The molecule has 0 aromatic heterocycles. The number of hydrogen-bond donors (Lipinski definition) is 1. The molecular formula is C18H27ClN2O4S. The molecule has 2 rings (SSSR count). The van der Waals surface area contributed by atoms with Crippen molar-refractivity contribution in [2.45, 2.75) is 45.6 Å². The number of rotatable bonds is 8. The van der Waals surface area contributed by atoms with Gasteiger partial charge < -0.3 is 10.1 Å². The van der Waals surface area contributed by atoms with E-state index in [1.54, 1.807) is 12.1 Å². The Labute approximate surface area is 160 Å². The van der Waals surface area contributed by atoms with Gasteiger partial charge in [-0.05, 0) is 30.5 Å². The molecule has 1 aliphatic heterocycles. The van der Waals surface area contributed by atoms with Crippen molar-refractivity contribution in [2.24, 2.45) is 5.92 Å². The molecule has 6 nitrogen and oxygen atoms in total. The Balaban J connectivity index is 2.11. The monoisotopic (exact) mass is 402 g/mol. The van der Waals surface area contributed by atoms with Crippen molar-refractivity contribution >= 4 is 33.2 Å². The van der Waals surface area contributed by atoms with Gasteiger partial charge in [0.15, 0.2) is 6.10 Å². The van der Waals surface area contributed by atoms with Gasteiger partial charge in [0.2, 0.25) is 10.0 Å². The molecule has 0 radical (unpaired) electrons. The minimum atomic E-state index is -3.56. The van der Waals surface area contributed by atoms with Crippen LogP contribution in [-0.2, 0) is 14.8 Å². The van der Waals surface area contributed by atoms with Gasteiger partial charge in [-0.15, -0.1) is 0 Å². The molecule has 2 atom stereocenters. The molecule has 1 aliphatic rings. The van der Waals surface area contributed by atoms with Crippen LogP contribution in [0.25, 0.3) is 0 Å². The molecule has 0 saturated carbocycles. The van der Waals surface area contributed by atoms with Crippen LogP contribution in [-0.4, -0.2) is 39.8 Å². The van der Waals surface area contributed by atoms with Gasteiger partial charge in [-0.25, -0.2) is 8.42 Å². The van der Waals surface area contributed by atoms with E-state index < -0.39 is 16.1 Å². The van der Waals surface area contributed by atoms with Crippen molar-refractivity contribution in [3.8, 4) is 5.75 Å². The van der Waals surface area contributed by atoms with Gasteiger partial charge in [0.1, 0.15) is 5.75 Å². The normalized spacial score (nSPS) is 18.0. The van der Waals surface area contributed by atoms with Gasteiger partial charge in [0.25, 0.3) is 5.91 Å². The van der Waals surface area contributed by atoms with E-state index in [0.717, 1.165) is 31.9 Å². The standard InChI is InChI=1S/C18H27ClN2O4S/c1-4-6-7-13(5-2)11-20-18(22)17-12-21(26(3,23)24)15-10-14(19)8-9-16(15)25-17/h8-10,13,17H,4-7,11-12H2,1-3H3,(H,20,22). The number of carbonyl (C=O) groups is 1. The van der Waals surface area contributed by atoms with Gasteiger partial charge >= 0.3 is 0 Å². The smallest absolute Gasteiger partial charge is 0.263 e. The molecule has 0 bridgehead atoms. The van der Waals surface area contributed by atoms with Crippen LogP contribution in [0.2, 0.25) is 5.02 Å². The zero-order chi connectivity index (χ0) is 19.3. The summed E-state index contributed by atoms with van der Waals surface area (Å²) >= 11 is 5.98. The number of sulfonamides is 1. The van der Waals surface area contributed by atoms with Crippen LogP contribution < -0.4 is 14.4 Å². The van der Waals surface area contributed by atoms with E-state index in [-0.39, 0.29) is 12.5 Å². The fraction of sp³-hybridized carbons (Fsp3) is 0.611. The van der Waals surface area contributed by atoms with E-state index in [4.69, 9.17) is 16.3 Å². The SMILES string of the molecule is CCCCC(CC)CNC(=O)C1CN(S(C)(=O)=O)c2cc(Cl)ccc2O1. The van der Waals surface area contributed by atoms with Crippen LogP contribution in [0.3, 0.4) is 0 Å². The van der Waals surface area contributed by atoms with Crippen LogP contribution in [0.15, 0.2) is 18.2 Å². The van der Waals surface area contributed by atoms with E-state index in [2.05, 4.69) is 19.2 Å². The molecule has 1 N–H and O–H groups in total. The Bertz CT molecular complexity index is 739. The highest BCUT2D eigenvalue weighted by atomic mass is 35.5. The summed E-state index contributed by atoms with van der Waals surface area (Å²) in [5.41, 5.74) is 0.360. The Morgan fingerprint density at radius 3 is 2.77 bits per heavy atom. The Kier molecular flexibility index (Phi) is 7.17. The van der Waals surface area contributed by atoms with Crippen molar-refractivity contribution in [3.05, 3.63) is 23.2 Å². The minimum Gasteiger partial charge on any atom is -0.476 e. The quantitative estimate of drug-likeness (QED) is 0.724. The number of anilines is 1. The summed E-state index contributed by atoms with van der Waals surface area (Å²) in [6.45, 7) is 4.75. The summed E-state index contributed by atoms with van der Waals surface area (Å²) in [4.78, 5) is 12.6. The van der Waals surface area contributed by atoms with Crippen LogP contribution in [0.5, 0.6) is 5.75 Å². The number of fused-ring (bicyclic) bond motifs is 1. The number of benzene rings is 1. The molecule has 0 fully saturated rings. The number of amides is 1. The number of unbranched alkanes of at least 4 members (excludes halogenated alkanes) is 1. The van der Waals surface area contributed by atoms with Crippen molar-refractivity contribution in [3.63, 3.8) is 0 Å². The number of carbonyl (C=O) groups excluding carboxylic acids is 1. The topological polar surface area (TPSA) is 75.7 Å². The summed E-state index contributed by atoms with van der Waals surface area (Å²) in [7, 11) is -3.56. The zero-order valence-corrected chi connectivity index (χ0v) is 17.1. The molecule has 1 aromatic carbocycles. The molecule has 8 heteroatoms. The zero-order valence-electron chi connectivity index (χ0n) is 15.5. The highest BCUT2D eigenvalue weighted by Crippen LogP contribution is 2.37. The predicted octanol–water partition coefficient (Wildman–Crippen LogP) is 3.20. The molecule has 2 unspecified atom stereocenters. The summed E-state index contributed by atoms with van der Waals surface area (Å²) in [6, 6.07) is 4.73. The highest BCUT2D eigenvalue weighted by Gasteiger charge is 2.35. The van der Waals surface area contributed by atoms with E-state index in [1.165, 1.54) is 10.4 Å². The number of ether oxygens (including phenoxy) is 1. The molecule has 0 spiro atoms. The van der Waals surface area contributed by atoms with Crippen molar-refractivity contribution in [2.75, 3.05) is 23.7 Å². The second kappa shape index (κ2) is 8.95. The molecular weight excluding hydrogens is 376 g/mol. The van der Waals surface area contributed by atoms with E-state index in [0.29, 0.717) is 28.9 Å². The largest absolute Gasteiger partial charge is 0.476 e. The predicted molar refractivity (Wildman–Crippen MR) is 104 cm³/mol. The second-order valence-electron chi connectivity index (χ2n) is 6.67. The molecule has 0 saturated heterocycles. The maximum atomic E-state index is 12.6. The Morgan fingerprint density at radius 2 is 2.15 bits per heavy atom. The van der Waals surface area contributed by atoms with Gasteiger partial charge in [0.05, 0.1) is 18.5 Å². The van der Waals surface area contributed by atoms with Gasteiger partial charge in [0, 0.05) is 11.6 Å².